The Morgan fingerprint density at radius 2 is 1.55 bits per heavy atom. The van der Waals surface area contributed by atoms with E-state index < -0.39 is 10.0 Å². The number of nitrogens with zero attached hydrogens (tertiary/aromatic N) is 1. The maximum absolute atomic E-state index is 12.8. The summed E-state index contributed by atoms with van der Waals surface area (Å²) in [5, 5.41) is 2.75. The van der Waals surface area contributed by atoms with Crippen molar-refractivity contribution in [3.63, 3.8) is 0 Å². The quantitative estimate of drug-likeness (QED) is 0.609. The predicted octanol–water partition coefficient (Wildman–Crippen LogP) is 2.67. The van der Waals surface area contributed by atoms with Crippen LogP contribution in [0.2, 0.25) is 0 Å². The Morgan fingerprint density at radius 3 is 2.24 bits per heavy atom. The van der Waals surface area contributed by atoms with Crippen molar-refractivity contribution in [1.82, 2.24) is 14.3 Å². The van der Waals surface area contributed by atoms with Crippen molar-refractivity contribution in [3.8, 4) is 0 Å². The molecule has 4 rings (SSSR count). The number of hydrogen-bond donors (Lipinski definition) is 3. The summed E-state index contributed by atoms with van der Waals surface area (Å²) in [7, 11) is -3.54. The van der Waals surface area contributed by atoms with Crippen LogP contribution in [0.5, 0.6) is 0 Å². The molecule has 0 aliphatic carbocycles. The lowest BCUT2D eigenvalue weighted by atomic mass is 10.2. The minimum atomic E-state index is -3.54. The number of hydrogen-bond acceptors (Lipinski definition) is 4. The summed E-state index contributed by atoms with van der Waals surface area (Å²) in [4.78, 5) is 29.3. The summed E-state index contributed by atoms with van der Waals surface area (Å²) < 4.78 is 27.2. The number of aromatic amines is 2. The SMILES string of the molecule is O=C(Nc1ccc2[nH]c(=O)[nH]c2c1)c1ccc(S(=O)(=O)N2CCCCCC2)cc1. The van der Waals surface area contributed by atoms with E-state index in [1.54, 1.807) is 18.2 Å². The molecule has 0 saturated carbocycles. The van der Waals surface area contributed by atoms with E-state index in [-0.39, 0.29) is 16.5 Å². The number of amides is 1. The molecule has 9 heteroatoms. The lowest BCUT2D eigenvalue weighted by Crippen LogP contribution is -2.31. The predicted molar refractivity (Wildman–Crippen MR) is 111 cm³/mol. The van der Waals surface area contributed by atoms with Crippen molar-refractivity contribution in [1.29, 1.82) is 0 Å². The van der Waals surface area contributed by atoms with Gasteiger partial charge in [0.1, 0.15) is 0 Å². The van der Waals surface area contributed by atoms with Crippen LogP contribution >= 0.6 is 0 Å². The minimum Gasteiger partial charge on any atom is -0.322 e. The van der Waals surface area contributed by atoms with Crippen LogP contribution < -0.4 is 11.0 Å². The fraction of sp³-hybridized carbons (Fsp3) is 0.300. The van der Waals surface area contributed by atoms with Gasteiger partial charge in [-0.2, -0.15) is 4.31 Å². The molecule has 1 fully saturated rings. The Balaban J connectivity index is 1.50. The molecule has 0 spiro atoms. The molecule has 152 valence electrons. The van der Waals surface area contributed by atoms with Crippen molar-refractivity contribution < 1.29 is 13.2 Å². The maximum atomic E-state index is 12.8. The van der Waals surface area contributed by atoms with Crippen molar-refractivity contribution in [3.05, 3.63) is 58.5 Å². The standard InChI is InChI=1S/C20H22N4O4S/c25-19(21-15-7-10-17-18(13-15)23-20(26)22-17)14-5-8-16(9-6-14)29(27,28)24-11-3-1-2-4-12-24/h5-10,13H,1-4,11-12H2,(H,21,25)(H2,22,23,26). The first kappa shape index (κ1) is 19.4. The number of sulfonamides is 1. The highest BCUT2D eigenvalue weighted by atomic mass is 32.2. The fourth-order valence-corrected chi connectivity index (χ4v) is 5.04. The second-order valence-electron chi connectivity index (χ2n) is 7.14. The van der Waals surface area contributed by atoms with Crippen molar-refractivity contribution in [2.45, 2.75) is 30.6 Å². The number of fused-ring (bicyclic) bond motifs is 1. The first-order valence-corrected chi connectivity index (χ1v) is 11.0. The van der Waals surface area contributed by atoms with Crippen LogP contribution in [0.3, 0.4) is 0 Å². The van der Waals surface area contributed by atoms with Gasteiger partial charge in [-0.15, -0.1) is 0 Å². The first-order chi connectivity index (χ1) is 13.9. The van der Waals surface area contributed by atoms with E-state index >= 15 is 0 Å². The molecule has 0 radical (unpaired) electrons. The number of carbonyl (C=O) groups is 1. The maximum Gasteiger partial charge on any atom is 0.323 e. The molecule has 0 unspecified atom stereocenters. The highest BCUT2D eigenvalue weighted by Crippen LogP contribution is 2.21. The van der Waals surface area contributed by atoms with E-state index in [2.05, 4.69) is 15.3 Å². The molecule has 3 N–H and O–H groups in total. The normalized spacial score (nSPS) is 15.9. The van der Waals surface area contributed by atoms with Gasteiger partial charge in [0.05, 0.1) is 15.9 Å². The van der Waals surface area contributed by atoms with Crippen molar-refractivity contribution >= 4 is 32.7 Å². The van der Waals surface area contributed by atoms with Crippen LogP contribution in [-0.2, 0) is 10.0 Å². The molecule has 1 aliphatic heterocycles. The zero-order chi connectivity index (χ0) is 20.4. The van der Waals surface area contributed by atoms with Crippen LogP contribution in [0, 0.1) is 0 Å². The van der Waals surface area contributed by atoms with Crippen LogP contribution in [0.25, 0.3) is 11.0 Å². The molecule has 1 aromatic heterocycles. The van der Waals surface area contributed by atoms with Gasteiger partial charge in [-0.1, -0.05) is 12.8 Å². The molecular formula is C20H22N4O4S. The Labute approximate surface area is 168 Å². The van der Waals surface area contributed by atoms with E-state index in [0.29, 0.717) is 35.4 Å². The number of benzene rings is 2. The third-order valence-corrected chi connectivity index (χ3v) is 7.01. The molecule has 1 amide bonds. The number of aromatic nitrogens is 2. The van der Waals surface area contributed by atoms with Gasteiger partial charge in [0, 0.05) is 24.3 Å². The summed E-state index contributed by atoms with van der Waals surface area (Å²) >= 11 is 0. The summed E-state index contributed by atoms with van der Waals surface area (Å²) in [5.41, 5.74) is 1.80. The molecule has 2 aromatic carbocycles. The molecule has 2 heterocycles. The lowest BCUT2D eigenvalue weighted by Gasteiger charge is -2.20. The average molecular weight is 414 g/mol. The number of rotatable bonds is 4. The lowest BCUT2D eigenvalue weighted by molar-refractivity contribution is 0.102. The number of H-pyrrole nitrogens is 2. The minimum absolute atomic E-state index is 0.197. The van der Waals surface area contributed by atoms with Gasteiger partial charge in [-0.05, 0) is 55.3 Å². The Kier molecular flexibility index (Phi) is 5.25. The molecule has 3 aromatic rings. The monoisotopic (exact) mass is 414 g/mol. The largest absolute Gasteiger partial charge is 0.323 e. The number of nitrogens with one attached hydrogen (secondary N) is 3. The Hall–Kier alpha value is -2.91. The van der Waals surface area contributed by atoms with Gasteiger partial charge in [-0.25, -0.2) is 13.2 Å². The molecule has 1 aliphatic rings. The van der Waals surface area contributed by atoms with Gasteiger partial charge in [-0.3, -0.25) is 4.79 Å². The van der Waals surface area contributed by atoms with Gasteiger partial charge in [0.25, 0.3) is 5.91 Å². The van der Waals surface area contributed by atoms with Gasteiger partial charge in [0.2, 0.25) is 10.0 Å². The van der Waals surface area contributed by atoms with Crippen LogP contribution in [-0.4, -0.2) is 41.7 Å². The smallest absolute Gasteiger partial charge is 0.322 e. The summed E-state index contributed by atoms with van der Waals surface area (Å²) in [5.74, 6) is -0.360. The second-order valence-corrected chi connectivity index (χ2v) is 9.07. The zero-order valence-corrected chi connectivity index (χ0v) is 16.6. The molecule has 8 nitrogen and oxygen atoms in total. The highest BCUT2D eigenvalue weighted by Gasteiger charge is 2.25. The molecule has 0 atom stereocenters. The molecular weight excluding hydrogens is 392 g/mol. The van der Waals surface area contributed by atoms with Crippen LogP contribution in [0.1, 0.15) is 36.0 Å². The zero-order valence-electron chi connectivity index (χ0n) is 15.8. The Morgan fingerprint density at radius 1 is 0.897 bits per heavy atom. The van der Waals surface area contributed by atoms with Gasteiger partial charge in [0.15, 0.2) is 0 Å². The van der Waals surface area contributed by atoms with Crippen molar-refractivity contribution in [2.24, 2.45) is 0 Å². The van der Waals surface area contributed by atoms with Crippen LogP contribution in [0.4, 0.5) is 5.69 Å². The average Bonchev–Trinajstić information content (AvgIpc) is 2.90. The first-order valence-electron chi connectivity index (χ1n) is 9.57. The third kappa shape index (κ3) is 4.10. The fourth-order valence-electron chi connectivity index (χ4n) is 3.52. The van der Waals surface area contributed by atoms with E-state index in [9.17, 15) is 18.0 Å². The molecule has 29 heavy (non-hydrogen) atoms. The highest BCUT2D eigenvalue weighted by molar-refractivity contribution is 7.89. The third-order valence-electron chi connectivity index (χ3n) is 5.09. The van der Waals surface area contributed by atoms with Gasteiger partial charge >= 0.3 is 5.69 Å². The number of imidazole rings is 1. The summed E-state index contributed by atoms with van der Waals surface area (Å²) in [6.07, 6.45) is 3.84. The van der Waals surface area contributed by atoms with Gasteiger partial charge < -0.3 is 15.3 Å². The van der Waals surface area contributed by atoms with E-state index in [1.165, 1.54) is 28.6 Å². The topological polar surface area (TPSA) is 115 Å². The van der Waals surface area contributed by atoms with E-state index in [1.807, 2.05) is 0 Å². The van der Waals surface area contributed by atoms with E-state index in [0.717, 1.165) is 25.7 Å². The number of carbonyl (C=O) groups excluding carboxylic acids is 1. The van der Waals surface area contributed by atoms with Crippen molar-refractivity contribution in [2.75, 3.05) is 18.4 Å². The Bertz CT molecular complexity index is 1190. The molecule has 1 saturated heterocycles. The summed E-state index contributed by atoms with van der Waals surface area (Å²) in [6, 6.07) is 11.0. The second kappa shape index (κ2) is 7.84. The summed E-state index contributed by atoms with van der Waals surface area (Å²) in [6.45, 7) is 1.07. The van der Waals surface area contributed by atoms with Crippen LogP contribution in [0.15, 0.2) is 52.2 Å². The van der Waals surface area contributed by atoms with E-state index in [4.69, 9.17) is 0 Å². The number of anilines is 1. The molecule has 0 bridgehead atoms.